The summed E-state index contributed by atoms with van der Waals surface area (Å²) in [4.78, 5) is 8.75. The number of hydrogen-bond donors (Lipinski definition) is 2. The Kier molecular flexibility index (Phi) is 4.49. The van der Waals surface area contributed by atoms with Crippen molar-refractivity contribution in [3.63, 3.8) is 0 Å². The van der Waals surface area contributed by atoms with Crippen LogP contribution in [-0.2, 0) is 11.2 Å². The highest BCUT2D eigenvalue weighted by Crippen LogP contribution is 2.17. The fraction of sp³-hybridized carbons (Fsp3) is 0.692. The first-order valence-corrected chi connectivity index (χ1v) is 6.57. The molecule has 0 spiro atoms. The van der Waals surface area contributed by atoms with Gasteiger partial charge in [-0.3, -0.25) is 0 Å². The standard InChI is InChI=1S/C13H22N4O/c1-4-10-7-15-9(2)16-13(10)17-11-8-14-6-5-12(11)18-3/h7,11-12,14H,4-6,8H2,1-3H3,(H,15,16,17)/t11-,12+/m0/s1. The molecule has 1 saturated heterocycles. The summed E-state index contributed by atoms with van der Waals surface area (Å²) in [5.41, 5.74) is 1.15. The molecule has 100 valence electrons. The highest BCUT2D eigenvalue weighted by molar-refractivity contribution is 5.44. The number of aromatic nitrogens is 2. The first-order valence-electron chi connectivity index (χ1n) is 6.57. The molecular weight excluding hydrogens is 228 g/mol. The first kappa shape index (κ1) is 13.2. The molecule has 5 heteroatoms. The lowest BCUT2D eigenvalue weighted by Crippen LogP contribution is -2.49. The van der Waals surface area contributed by atoms with Crippen molar-refractivity contribution in [3.8, 4) is 0 Å². The molecule has 0 amide bonds. The van der Waals surface area contributed by atoms with E-state index in [4.69, 9.17) is 4.74 Å². The second kappa shape index (κ2) is 6.11. The molecule has 0 saturated carbocycles. The molecule has 1 fully saturated rings. The summed E-state index contributed by atoms with van der Waals surface area (Å²) in [6.45, 7) is 5.95. The number of piperidine rings is 1. The average molecular weight is 250 g/mol. The van der Waals surface area contributed by atoms with Gasteiger partial charge in [0.2, 0.25) is 0 Å². The van der Waals surface area contributed by atoms with Gasteiger partial charge in [0.1, 0.15) is 11.6 Å². The Labute approximate surface area is 108 Å². The summed E-state index contributed by atoms with van der Waals surface area (Å²) in [6, 6.07) is 0.267. The predicted octanol–water partition coefficient (Wildman–Crippen LogP) is 1.14. The van der Waals surface area contributed by atoms with E-state index in [1.54, 1.807) is 7.11 Å². The highest BCUT2D eigenvalue weighted by Gasteiger charge is 2.25. The van der Waals surface area contributed by atoms with E-state index in [1.807, 2.05) is 13.1 Å². The Morgan fingerprint density at radius 1 is 1.56 bits per heavy atom. The van der Waals surface area contributed by atoms with E-state index in [0.717, 1.165) is 43.1 Å². The SMILES string of the molecule is CCc1cnc(C)nc1N[C@H]1CNCC[C@H]1OC. The van der Waals surface area contributed by atoms with Crippen molar-refractivity contribution < 1.29 is 4.74 Å². The maximum atomic E-state index is 5.53. The molecule has 2 rings (SSSR count). The zero-order valence-corrected chi connectivity index (χ0v) is 11.4. The van der Waals surface area contributed by atoms with Crippen LogP contribution in [-0.4, -0.2) is 42.3 Å². The second-order valence-electron chi connectivity index (χ2n) is 4.66. The van der Waals surface area contributed by atoms with Crippen molar-refractivity contribution in [1.82, 2.24) is 15.3 Å². The van der Waals surface area contributed by atoms with Crippen LogP contribution < -0.4 is 10.6 Å². The van der Waals surface area contributed by atoms with Gasteiger partial charge in [0.15, 0.2) is 0 Å². The maximum Gasteiger partial charge on any atom is 0.133 e. The number of hydrogen-bond acceptors (Lipinski definition) is 5. The number of methoxy groups -OCH3 is 1. The molecule has 2 heterocycles. The zero-order valence-electron chi connectivity index (χ0n) is 11.4. The molecule has 0 unspecified atom stereocenters. The van der Waals surface area contributed by atoms with Crippen molar-refractivity contribution in [1.29, 1.82) is 0 Å². The van der Waals surface area contributed by atoms with Gasteiger partial charge in [-0.1, -0.05) is 6.92 Å². The van der Waals surface area contributed by atoms with Gasteiger partial charge >= 0.3 is 0 Å². The van der Waals surface area contributed by atoms with E-state index < -0.39 is 0 Å². The number of nitrogens with one attached hydrogen (secondary N) is 2. The third kappa shape index (κ3) is 2.97. The molecular formula is C13H22N4O. The number of rotatable bonds is 4. The molecule has 0 radical (unpaired) electrons. The van der Waals surface area contributed by atoms with Crippen molar-refractivity contribution in [2.24, 2.45) is 0 Å². The fourth-order valence-corrected chi connectivity index (χ4v) is 2.31. The Bertz CT molecular complexity index is 397. The Morgan fingerprint density at radius 2 is 2.39 bits per heavy atom. The van der Waals surface area contributed by atoms with Crippen molar-refractivity contribution >= 4 is 5.82 Å². The van der Waals surface area contributed by atoms with Crippen LogP contribution in [0.1, 0.15) is 24.7 Å². The van der Waals surface area contributed by atoms with E-state index in [9.17, 15) is 0 Å². The van der Waals surface area contributed by atoms with Crippen LogP contribution in [0.4, 0.5) is 5.82 Å². The van der Waals surface area contributed by atoms with Crippen LogP contribution in [0.3, 0.4) is 0 Å². The normalized spacial score (nSPS) is 23.9. The van der Waals surface area contributed by atoms with Crippen LogP contribution in [0.5, 0.6) is 0 Å². The third-order valence-corrected chi connectivity index (χ3v) is 3.41. The van der Waals surface area contributed by atoms with Crippen molar-refractivity contribution in [3.05, 3.63) is 17.6 Å². The molecule has 1 aliphatic rings. The van der Waals surface area contributed by atoms with Gasteiger partial charge in [0.25, 0.3) is 0 Å². The average Bonchev–Trinajstić information content (AvgIpc) is 2.40. The van der Waals surface area contributed by atoms with Gasteiger partial charge in [0.05, 0.1) is 12.1 Å². The van der Waals surface area contributed by atoms with Crippen LogP contribution in [0, 0.1) is 6.92 Å². The Hall–Kier alpha value is -1.20. The maximum absolute atomic E-state index is 5.53. The summed E-state index contributed by atoms with van der Waals surface area (Å²) in [5.74, 6) is 1.74. The number of aryl methyl sites for hydroxylation is 2. The van der Waals surface area contributed by atoms with E-state index in [0.29, 0.717) is 0 Å². The molecule has 1 aromatic heterocycles. The van der Waals surface area contributed by atoms with Gasteiger partial charge in [-0.2, -0.15) is 0 Å². The van der Waals surface area contributed by atoms with Gasteiger partial charge in [-0.05, 0) is 26.3 Å². The summed E-state index contributed by atoms with van der Waals surface area (Å²) < 4.78 is 5.53. The minimum absolute atomic E-state index is 0.242. The molecule has 0 aliphatic carbocycles. The minimum Gasteiger partial charge on any atom is -0.379 e. The number of anilines is 1. The largest absolute Gasteiger partial charge is 0.379 e. The minimum atomic E-state index is 0.242. The van der Waals surface area contributed by atoms with E-state index >= 15 is 0 Å². The summed E-state index contributed by atoms with van der Waals surface area (Å²) in [7, 11) is 1.77. The van der Waals surface area contributed by atoms with Crippen molar-refractivity contribution in [2.75, 3.05) is 25.5 Å². The lowest BCUT2D eigenvalue weighted by molar-refractivity contribution is 0.0663. The molecule has 1 aromatic rings. The summed E-state index contributed by atoms with van der Waals surface area (Å²) in [6.07, 6.45) is 4.11. The number of ether oxygens (including phenoxy) is 1. The van der Waals surface area contributed by atoms with Crippen LogP contribution in [0.15, 0.2) is 6.20 Å². The predicted molar refractivity (Wildman–Crippen MR) is 71.8 cm³/mol. The van der Waals surface area contributed by atoms with Crippen LogP contribution in [0.2, 0.25) is 0 Å². The topological polar surface area (TPSA) is 59.1 Å². The molecule has 0 aromatic carbocycles. The van der Waals surface area contributed by atoms with Gasteiger partial charge in [-0.15, -0.1) is 0 Å². The summed E-state index contributed by atoms with van der Waals surface area (Å²) in [5, 5.41) is 6.89. The molecule has 1 aliphatic heterocycles. The van der Waals surface area contributed by atoms with Crippen molar-refractivity contribution in [2.45, 2.75) is 38.8 Å². The lowest BCUT2D eigenvalue weighted by atomic mass is 10.0. The first-order chi connectivity index (χ1) is 8.74. The summed E-state index contributed by atoms with van der Waals surface area (Å²) >= 11 is 0. The molecule has 18 heavy (non-hydrogen) atoms. The van der Waals surface area contributed by atoms with Crippen LogP contribution in [0.25, 0.3) is 0 Å². The Balaban J connectivity index is 2.14. The second-order valence-corrected chi connectivity index (χ2v) is 4.66. The smallest absolute Gasteiger partial charge is 0.133 e. The van der Waals surface area contributed by atoms with E-state index in [-0.39, 0.29) is 12.1 Å². The van der Waals surface area contributed by atoms with E-state index in [2.05, 4.69) is 27.5 Å². The lowest BCUT2D eigenvalue weighted by Gasteiger charge is -2.32. The van der Waals surface area contributed by atoms with Crippen LogP contribution >= 0.6 is 0 Å². The fourth-order valence-electron chi connectivity index (χ4n) is 2.31. The molecule has 5 nitrogen and oxygen atoms in total. The molecule has 0 bridgehead atoms. The zero-order chi connectivity index (χ0) is 13.0. The molecule has 2 atom stereocenters. The third-order valence-electron chi connectivity index (χ3n) is 3.41. The van der Waals surface area contributed by atoms with Gasteiger partial charge in [0, 0.05) is 25.4 Å². The molecule has 2 N–H and O–H groups in total. The quantitative estimate of drug-likeness (QED) is 0.839. The monoisotopic (exact) mass is 250 g/mol. The van der Waals surface area contributed by atoms with E-state index in [1.165, 1.54) is 0 Å². The number of nitrogens with zero attached hydrogens (tertiary/aromatic N) is 2. The highest BCUT2D eigenvalue weighted by atomic mass is 16.5. The van der Waals surface area contributed by atoms with Gasteiger partial charge < -0.3 is 15.4 Å². The van der Waals surface area contributed by atoms with Gasteiger partial charge in [-0.25, -0.2) is 9.97 Å². The Morgan fingerprint density at radius 3 is 3.11 bits per heavy atom.